The van der Waals surface area contributed by atoms with Crippen LogP contribution in [0.5, 0.6) is 5.75 Å². The SMILES string of the molecule is C=CCOc1ccc(C(=O)Nc2cccc(Cl)c2C)cc1. The fraction of sp³-hybridized carbons (Fsp3) is 0.118. The molecule has 0 aromatic heterocycles. The van der Waals surface area contributed by atoms with Crippen LogP contribution in [-0.2, 0) is 0 Å². The van der Waals surface area contributed by atoms with Gasteiger partial charge in [0, 0.05) is 16.3 Å². The van der Waals surface area contributed by atoms with Gasteiger partial charge in [-0.3, -0.25) is 4.79 Å². The molecule has 0 heterocycles. The summed E-state index contributed by atoms with van der Waals surface area (Å²) in [6, 6.07) is 12.4. The summed E-state index contributed by atoms with van der Waals surface area (Å²) in [5, 5.41) is 3.48. The van der Waals surface area contributed by atoms with Crippen LogP contribution < -0.4 is 10.1 Å². The van der Waals surface area contributed by atoms with Crippen LogP contribution in [0.25, 0.3) is 0 Å². The smallest absolute Gasteiger partial charge is 0.255 e. The van der Waals surface area contributed by atoms with Crippen LogP contribution in [-0.4, -0.2) is 12.5 Å². The van der Waals surface area contributed by atoms with Gasteiger partial charge >= 0.3 is 0 Å². The van der Waals surface area contributed by atoms with Gasteiger partial charge in [0.1, 0.15) is 12.4 Å². The van der Waals surface area contributed by atoms with Gasteiger partial charge in [-0.05, 0) is 48.9 Å². The Kier molecular flexibility index (Phi) is 5.01. The van der Waals surface area contributed by atoms with Crippen molar-refractivity contribution in [2.45, 2.75) is 6.92 Å². The summed E-state index contributed by atoms with van der Waals surface area (Å²) in [7, 11) is 0. The summed E-state index contributed by atoms with van der Waals surface area (Å²) in [6.07, 6.45) is 1.67. The van der Waals surface area contributed by atoms with Crippen molar-refractivity contribution in [2.75, 3.05) is 11.9 Å². The predicted molar refractivity (Wildman–Crippen MR) is 86.3 cm³/mol. The van der Waals surface area contributed by atoms with E-state index in [1.807, 2.05) is 13.0 Å². The summed E-state index contributed by atoms with van der Waals surface area (Å²) in [5.74, 6) is 0.515. The molecule has 2 rings (SSSR count). The predicted octanol–water partition coefficient (Wildman–Crippen LogP) is 4.47. The largest absolute Gasteiger partial charge is 0.490 e. The van der Waals surface area contributed by atoms with E-state index in [1.165, 1.54) is 0 Å². The van der Waals surface area contributed by atoms with Gasteiger partial charge in [-0.1, -0.05) is 30.3 Å². The summed E-state index contributed by atoms with van der Waals surface area (Å²) < 4.78 is 5.38. The molecule has 2 aromatic carbocycles. The van der Waals surface area contributed by atoms with Gasteiger partial charge in [0.25, 0.3) is 5.91 Å². The minimum absolute atomic E-state index is 0.185. The van der Waals surface area contributed by atoms with E-state index in [2.05, 4.69) is 11.9 Å². The Hall–Kier alpha value is -2.26. The molecule has 0 saturated heterocycles. The number of nitrogens with one attached hydrogen (secondary N) is 1. The third-order valence-corrected chi connectivity index (χ3v) is 3.41. The van der Waals surface area contributed by atoms with E-state index in [-0.39, 0.29) is 5.91 Å². The molecular formula is C17H16ClNO2. The monoisotopic (exact) mass is 301 g/mol. The Morgan fingerprint density at radius 2 is 2.00 bits per heavy atom. The lowest BCUT2D eigenvalue weighted by Gasteiger charge is -2.10. The highest BCUT2D eigenvalue weighted by atomic mass is 35.5. The minimum atomic E-state index is -0.185. The van der Waals surface area contributed by atoms with Crippen molar-refractivity contribution in [2.24, 2.45) is 0 Å². The van der Waals surface area contributed by atoms with Crippen molar-refractivity contribution >= 4 is 23.2 Å². The molecule has 4 heteroatoms. The maximum absolute atomic E-state index is 12.2. The number of benzene rings is 2. The maximum Gasteiger partial charge on any atom is 0.255 e. The number of anilines is 1. The molecule has 0 aliphatic rings. The molecule has 0 bridgehead atoms. The lowest BCUT2D eigenvalue weighted by Crippen LogP contribution is -2.12. The highest BCUT2D eigenvalue weighted by molar-refractivity contribution is 6.31. The van der Waals surface area contributed by atoms with Gasteiger partial charge in [-0.25, -0.2) is 0 Å². The Morgan fingerprint density at radius 1 is 1.29 bits per heavy atom. The second-order valence-corrected chi connectivity index (χ2v) is 4.90. The molecule has 3 nitrogen and oxygen atoms in total. The van der Waals surface area contributed by atoms with Crippen LogP contribution in [0.3, 0.4) is 0 Å². The lowest BCUT2D eigenvalue weighted by molar-refractivity contribution is 0.102. The van der Waals surface area contributed by atoms with Crippen molar-refractivity contribution in [3.05, 3.63) is 71.3 Å². The average Bonchev–Trinajstić information content (AvgIpc) is 2.50. The summed E-state index contributed by atoms with van der Waals surface area (Å²) in [4.78, 5) is 12.2. The Labute approximate surface area is 129 Å². The second kappa shape index (κ2) is 6.95. The molecule has 0 radical (unpaired) electrons. The summed E-state index contributed by atoms with van der Waals surface area (Å²) in [5.41, 5.74) is 2.11. The maximum atomic E-state index is 12.2. The molecule has 0 fully saturated rings. The molecule has 1 amide bonds. The summed E-state index contributed by atoms with van der Waals surface area (Å²) in [6.45, 7) is 5.89. The van der Waals surface area contributed by atoms with Crippen molar-refractivity contribution in [1.29, 1.82) is 0 Å². The first-order chi connectivity index (χ1) is 10.1. The zero-order valence-electron chi connectivity index (χ0n) is 11.7. The van der Waals surface area contributed by atoms with Crippen LogP contribution >= 0.6 is 11.6 Å². The fourth-order valence-electron chi connectivity index (χ4n) is 1.80. The third kappa shape index (κ3) is 3.86. The molecule has 0 aliphatic carbocycles. The van der Waals surface area contributed by atoms with Gasteiger partial charge in [0.15, 0.2) is 0 Å². The number of carbonyl (C=O) groups excluding carboxylic acids is 1. The highest BCUT2D eigenvalue weighted by Gasteiger charge is 2.09. The number of hydrogen-bond donors (Lipinski definition) is 1. The van der Waals surface area contributed by atoms with Crippen molar-refractivity contribution in [3.63, 3.8) is 0 Å². The zero-order chi connectivity index (χ0) is 15.2. The van der Waals surface area contributed by atoms with E-state index in [1.54, 1.807) is 42.5 Å². The number of ether oxygens (including phenoxy) is 1. The third-order valence-electron chi connectivity index (χ3n) is 3.00. The summed E-state index contributed by atoms with van der Waals surface area (Å²) >= 11 is 6.04. The number of amides is 1. The first kappa shape index (κ1) is 15.1. The quantitative estimate of drug-likeness (QED) is 0.828. The second-order valence-electron chi connectivity index (χ2n) is 4.49. The van der Waals surface area contributed by atoms with Gasteiger partial charge in [0.05, 0.1) is 0 Å². The minimum Gasteiger partial charge on any atom is -0.490 e. The fourth-order valence-corrected chi connectivity index (χ4v) is 1.97. The number of carbonyl (C=O) groups is 1. The van der Waals surface area contributed by atoms with Crippen molar-refractivity contribution < 1.29 is 9.53 Å². The van der Waals surface area contributed by atoms with E-state index in [9.17, 15) is 4.79 Å². The van der Waals surface area contributed by atoms with Gasteiger partial charge in [-0.15, -0.1) is 0 Å². The van der Waals surface area contributed by atoms with Gasteiger partial charge in [0.2, 0.25) is 0 Å². The van der Waals surface area contributed by atoms with Crippen LogP contribution in [0.1, 0.15) is 15.9 Å². The van der Waals surface area contributed by atoms with E-state index in [0.29, 0.717) is 28.6 Å². The average molecular weight is 302 g/mol. The Bertz CT molecular complexity index is 650. The van der Waals surface area contributed by atoms with Crippen molar-refractivity contribution in [3.8, 4) is 5.75 Å². The van der Waals surface area contributed by atoms with E-state index in [0.717, 1.165) is 5.56 Å². The molecule has 2 aromatic rings. The van der Waals surface area contributed by atoms with Gasteiger partial charge in [-0.2, -0.15) is 0 Å². The molecule has 0 saturated carbocycles. The molecular weight excluding hydrogens is 286 g/mol. The molecule has 0 unspecified atom stereocenters. The van der Waals surface area contributed by atoms with E-state index < -0.39 is 0 Å². The topological polar surface area (TPSA) is 38.3 Å². The molecule has 108 valence electrons. The molecule has 21 heavy (non-hydrogen) atoms. The number of halogens is 1. The highest BCUT2D eigenvalue weighted by Crippen LogP contribution is 2.23. The van der Waals surface area contributed by atoms with E-state index in [4.69, 9.17) is 16.3 Å². The molecule has 0 atom stereocenters. The van der Waals surface area contributed by atoms with Crippen LogP contribution in [0, 0.1) is 6.92 Å². The molecule has 0 aliphatic heterocycles. The van der Waals surface area contributed by atoms with Crippen LogP contribution in [0.15, 0.2) is 55.1 Å². The van der Waals surface area contributed by atoms with Crippen LogP contribution in [0.4, 0.5) is 5.69 Å². The van der Waals surface area contributed by atoms with E-state index >= 15 is 0 Å². The lowest BCUT2D eigenvalue weighted by atomic mass is 10.1. The molecule has 1 N–H and O–H groups in total. The first-order valence-electron chi connectivity index (χ1n) is 6.52. The van der Waals surface area contributed by atoms with Crippen molar-refractivity contribution in [1.82, 2.24) is 0 Å². The number of rotatable bonds is 5. The van der Waals surface area contributed by atoms with Gasteiger partial charge < -0.3 is 10.1 Å². The normalized spacial score (nSPS) is 10.0. The standard InChI is InChI=1S/C17H16ClNO2/c1-3-11-21-14-9-7-13(8-10-14)17(20)19-16-6-4-5-15(18)12(16)2/h3-10H,1,11H2,2H3,(H,19,20). The Balaban J connectivity index is 2.09. The zero-order valence-corrected chi connectivity index (χ0v) is 12.5. The first-order valence-corrected chi connectivity index (χ1v) is 6.90. The Morgan fingerprint density at radius 3 is 2.67 bits per heavy atom. The van der Waals surface area contributed by atoms with Crippen LogP contribution in [0.2, 0.25) is 5.02 Å². The number of hydrogen-bond acceptors (Lipinski definition) is 2. The molecule has 0 spiro atoms.